The molecule has 0 atom stereocenters. The van der Waals surface area contributed by atoms with Gasteiger partial charge in [0, 0.05) is 23.6 Å². The first-order valence-electron chi connectivity index (χ1n) is 10.4. The topological polar surface area (TPSA) is 88.0 Å². The molecule has 32 heavy (non-hydrogen) atoms. The number of benzene rings is 1. The predicted molar refractivity (Wildman–Crippen MR) is 113 cm³/mol. The number of nitrogens with zero attached hydrogens (tertiary/aromatic N) is 4. The predicted octanol–water partition coefficient (Wildman–Crippen LogP) is 4.27. The number of H-pyrrole nitrogens is 1. The van der Waals surface area contributed by atoms with Crippen LogP contribution in [0.25, 0.3) is 11.1 Å². The molecule has 1 amide bonds. The highest BCUT2D eigenvalue weighted by atomic mass is 19.4. The zero-order valence-electron chi connectivity index (χ0n) is 17.5. The largest absolute Gasteiger partial charge is 0.435 e. The second-order valence-electron chi connectivity index (χ2n) is 7.74. The lowest BCUT2D eigenvalue weighted by Gasteiger charge is -2.06. The molecule has 0 saturated heterocycles. The number of hydrogen-bond donors (Lipinski definition) is 2. The van der Waals surface area contributed by atoms with Crippen molar-refractivity contribution in [2.24, 2.45) is 5.10 Å². The van der Waals surface area contributed by atoms with Crippen LogP contribution in [0.4, 0.5) is 13.2 Å². The van der Waals surface area contributed by atoms with E-state index in [0.717, 1.165) is 36.5 Å². The maximum absolute atomic E-state index is 13.0. The van der Waals surface area contributed by atoms with E-state index in [1.54, 1.807) is 6.20 Å². The third-order valence-electron chi connectivity index (χ3n) is 5.37. The fourth-order valence-corrected chi connectivity index (χ4v) is 3.43. The van der Waals surface area contributed by atoms with Gasteiger partial charge in [-0.15, -0.1) is 0 Å². The Kier molecular flexibility index (Phi) is 6.11. The summed E-state index contributed by atoms with van der Waals surface area (Å²) in [6.45, 7) is 2.14. The normalized spacial score (nSPS) is 14.2. The lowest BCUT2D eigenvalue weighted by atomic mass is 10.0. The van der Waals surface area contributed by atoms with Crippen molar-refractivity contribution >= 4 is 12.1 Å². The first kappa shape index (κ1) is 21.8. The smallest absolute Gasteiger partial charge is 0.276 e. The van der Waals surface area contributed by atoms with Gasteiger partial charge in [0.25, 0.3) is 0 Å². The molecular formula is C22H23F3N6O. The summed E-state index contributed by atoms with van der Waals surface area (Å²) in [5.41, 5.74) is 5.69. The molecule has 0 spiro atoms. The van der Waals surface area contributed by atoms with E-state index in [0.29, 0.717) is 11.4 Å². The molecule has 10 heteroatoms. The molecule has 0 bridgehead atoms. The van der Waals surface area contributed by atoms with Crippen molar-refractivity contribution in [2.75, 3.05) is 0 Å². The summed E-state index contributed by atoms with van der Waals surface area (Å²) >= 11 is 0. The molecule has 1 fully saturated rings. The van der Waals surface area contributed by atoms with E-state index in [9.17, 15) is 18.0 Å². The van der Waals surface area contributed by atoms with Crippen LogP contribution >= 0.6 is 0 Å². The van der Waals surface area contributed by atoms with Crippen molar-refractivity contribution < 1.29 is 18.0 Å². The van der Waals surface area contributed by atoms with E-state index < -0.39 is 17.8 Å². The van der Waals surface area contributed by atoms with Gasteiger partial charge in [0.15, 0.2) is 5.69 Å². The van der Waals surface area contributed by atoms with Gasteiger partial charge in [-0.25, -0.2) is 5.43 Å². The molecule has 168 valence electrons. The number of rotatable bonds is 8. The van der Waals surface area contributed by atoms with Crippen molar-refractivity contribution in [1.29, 1.82) is 0 Å². The second kappa shape index (κ2) is 8.97. The third-order valence-corrected chi connectivity index (χ3v) is 5.37. The van der Waals surface area contributed by atoms with Crippen LogP contribution in [-0.4, -0.2) is 32.1 Å². The Hall–Kier alpha value is -3.43. The summed E-state index contributed by atoms with van der Waals surface area (Å²) < 4.78 is 40.2. The standard InChI is InChI=1S/C22H23F3N6O/c1-2-14-3-5-15(6-4-14)17-12-26-28-18(17)13-27-29-21(32)9-10-31-19(16-7-8-16)11-20(30-31)22(23,24)25/h3-6,11-13,16H,2,7-10H2,1H3,(H,26,28)(H,29,32)/b27-13-. The van der Waals surface area contributed by atoms with Crippen LogP contribution in [0, 0.1) is 0 Å². The zero-order valence-corrected chi connectivity index (χ0v) is 17.5. The highest BCUT2D eigenvalue weighted by Gasteiger charge is 2.37. The molecule has 3 aromatic rings. The molecule has 2 aromatic heterocycles. The molecule has 2 N–H and O–H groups in total. The maximum Gasteiger partial charge on any atom is 0.435 e. The molecule has 0 aliphatic heterocycles. The number of aryl methyl sites for hydroxylation is 2. The average molecular weight is 444 g/mol. The van der Waals surface area contributed by atoms with Crippen molar-refractivity contribution in [3.63, 3.8) is 0 Å². The van der Waals surface area contributed by atoms with Crippen LogP contribution in [0.1, 0.15) is 54.7 Å². The summed E-state index contributed by atoms with van der Waals surface area (Å²) in [5, 5.41) is 14.5. The van der Waals surface area contributed by atoms with E-state index in [1.165, 1.54) is 16.5 Å². The van der Waals surface area contributed by atoms with Crippen LogP contribution < -0.4 is 5.43 Å². The number of aromatic nitrogens is 4. The third kappa shape index (κ3) is 5.06. The van der Waals surface area contributed by atoms with Crippen molar-refractivity contribution in [1.82, 2.24) is 25.4 Å². The van der Waals surface area contributed by atoms with Gasteiger partial charge < -0.3 is 0 Å². The Morgan fingerprint density at radius 3 is 2.72 bits per heavy atom. The Balaban J connectivity index is 1.35. The summed E-state index contributed by atoms with van der Waals surface area (Å²) in [6, 6.07) is 9.16. The fraction of sp³-hybridized carbons (Fsp3) is 0.364. The van der Waals surface area contributed by atoms with Crippen LogP contribution in [0.3, 0.4) is 0 Å². The number of nitrogens with one attached hydrogen (secondary N) is 2. The van der Waals surface area contributed by atoms with E-state index >= 15 is 0 Å². The van der Waals surface area contributed by atoms with Crippen LogP contribution in [0.15, 0.2) is 41.6 Å². The van der Waals surface area contributed by atoms with Gasteiger partial charge in [-0.1, -0.05) is 31.2 Å². The second-order valence-corrected chi connectivity index (χ2v) is 7.74. The first-order valence-corrected chi connectivity index (χ1v) is 10.4. The number of amides is 1. The van der Waals surface area contributed by atoms with Gasteiger partial charge >= 0.3 is 6.18 Å². The molecule has 0 unspecified atom stereocenters. The van der Waals surface area contributed by atoms with Crippen molar-refractivity contribution in [3.05, 3.63) is 59.2 Å². The highest BCUT2D eigenvalue weighted by Crippen LogP contribution is 2.42. The van der Waals surface area contributed by atoms with Gasteiger partial charge in [-0.2, -0.15) is 28.5 Å². The maximum atomic E-state index is 13.0. The quantitative estimate of drug-likeness (QED) is 0.402. The summed E-state index contributed by atoms with van der Waals surface area (Å²) in [4.78, 5) is 12.2. The SMILES string of the molecule is CCc1ccc(-c2cn[nH]c2/C=N\NC(=O)CCn2nc(C(F)(F)F)cc2C2CC2)cc1. The monoisotopic (exact) mass is 444 g/mol. The Bertz CT molecular complexity index is 1110. The molecule has 4 rings (SSSR count). The van der Waals surface area contributed by atoms with Gasteiger partial charge in [-0.05, 0) is 36.5 Å². The van der Waals surface area contributed by atoms with E-state index in [-0.39, 0.29) is 18.9 Å². The van der Waals surface area contributed by atoms with Gasteiger partial charge in [-0.3, -0.25) is 14.6 Å². The fourth-order valence-electron chi connectivity index (χ4n) is 3.43. The number of aromatic amines is 1. The molecule has 2 heterocycles. The highest BCUT2D eigenvalue weighted by molar-refractivity contribution is 5.88. The van der Waals surface area contributed by atoms with Gasteiger partial charge in [0.05, 0.1) is 24.7 Å². The van der Waals surface area contributed by atoms with E-state index in [2.05, 4.69) is 32.7 Å². The lowest BCUT2D eigenvalue weighted by Crippen LogP contribution is -2.20. The Morgan fingerprint density at radius 1 is 1.31 bits per heavy atom. The Labute approximate surface area is 182 Å². The summed E-state index contributed by atoms with van der Waals surface area (Å²) in [7, 11) is 0. The minimum Gasteiger partial charge on any atom is -0.276 e. The lowest BCUT2D eigenvalue weighted by molar-refractivity contribution is -0.141. The number of halogens is 3. The molecule has 1 aliphatic rings. The van der Waals surface area contributed by atoms with Crippen molar-refractivity contribution in [2.45, 2.75) is 51.2 Å². The molecular weight excluding hydrogens is 421 g/mol. The van der Waals surface area contributed by atoms with Gasteiger partial charge in [0.1, 0.15) is 0 Å². The minimum atomic E-state index is -4.50. The number of carbonyl (C=O) groups excluding carboxylic acids is 1. The summed E-state index contributed by atoms with van der Waals surface area (Å²) in [5.74, 6) is -0.328. The molecule has 1 saturated carbocycles. The summed E-state index contributed by atoms with van der Waals surface area (Å²) in [6.07, 6.45) is 1.23. The van der Waals surface area contributed by atoms with Crippen LogP contribution in [0.2, 0.25) is 0 Å². The molecule has 7 nitrogen and oxygen atoms in total. The molecule has 0 radical (unpaired) electrons. The minimum absolute atomic E-state index is 0.0374. The Morgan fingerprint density at radius 2 is 2.06 bits per heavy atom. The van der Waals surface area contributed by atoms with E-state index in [4.69, 9.17) is 0 Å². The van der Waals surface area contributed by atoms with Gasteiger partial charge in [0.2, 0.25) is 5.91 Å². The number of alkyl halides is 3. The molecule has 1 aliphatic carbocycles. The molecule has 1 aromatic carbocycles. The zero-order chi connectivity index (χ0) is 22.7. The van der Waals surface area contributed by atoms with Crippen LogP contribution in [0.5, 0.6) is 0 Å². The number of carbonyl (C=O) groups is 1. The van der Waals surface area contributed by atoms with Crippen LogP contribution in [-0.2, 0) is 23.9 Å². The number of hydrogen-bond acceptors (Lipinski definition) is 4. The van der Waals surface area contributed by atoms with Crippen molar-refractivity contribution in [3.8, 4) is 11.1 Å². The average Bonchev–Trinajstić information content (AvgIpc) is 3.34. The first-order chi connectivity index (χ1) is 15.3. The van der Waals surface area contributed by atoms with E-state index in [1.807, 2.05) is 24.3 Å². The number of hydrazone groups is 1.